The molecule has 6 nitrogen and oxygen atoms in total. The summed E-state index contributed by atoms with van der Waals surface area (Å²) in [5.41, 5.74) is 0.104. The van der Waals surface area contributed by atoms with Crippen molar-refractivity contribution in [1.82, 2.24) is 0 Å². The second-order valence-electron chi connectivity index (χ2n) is 5.65. The highest BCUT2D eigenvalue weighted by molar-refractivity contribution is 5.97. The third-order valence-electron chi connectivity index (χ3n) is 4.19. The quantitative estimate of drug-likeness (QED) is 0.825. The van der Waals surface area contributed by atoms with E-state index in [4.69, 9.17) is 10.00 Å². The van der Waals surface area contributed by atoms with Crippen LogP contribution in [-0.4, -0.2) is 28.7 Å². The Morgan fingerprint density at radius 1 is 1.36 bits per heavy atom. The minimum atomic E-state index is -1.04. The van der Waals surface area contributed by atoms with E-state index in [1.54, 1.807) is 43.3 Å². The van der Waals surface area contributed by atoms with Gasteiger partial charge in [0.15, 0.2) is 0 Å². The number of fused-ring (bicyclic) bond motifs is 2. The molecule has 1 amide bonds. The number of nitriles is 1. The molecule has 0 aromatic heterocycles. The van der Waals surface area contributed by atoms with Gasteiger partial charge in [0.1, 0.15) is 5.92 Å². The SMILES string of the molecule is C[C@@]12C=C[C@@H](O1)[C@H](C(=O)O)[C@H]2C(=O)Nc1ccc(C#N)cc1. The number of nitrogens with one attached hydrogen (secondary N) is 1. The lowest BCUT2D eigenvalue weighted by molar-refractivity contribution is -0.146. The van der Waals surface area contributed by atoms with Gasteiger partial charge in [0, 0.05) is 5.69 Å². The van der Waals surface area contributed by atoms with Crippen molar-refractivity contribution < 1.29 is 19.4 Å². The Kier molecular flexibility index (Phi) is 3.23. The Balaban J connectivity index is 1.83. The molecule has 0 saturated carbocycles. The first kappa shape index (κ1) is 14.3. The van der Waals surface area contributed by atoms with Crippen molar-refractivity contribution in [2.75, 3.05) is 5.32 Å². The number of ether oxygens (including phenoxy) is 1. The molecule has 1 saturated heterocycles. The fourth-order valence-corrected chi connectivity index (χ4v) is 3.13. The number of amides is 1. The maximum absolute atomic E-state index is 12.5. The normalized spacial score (nSPS) is 31.7. The van der Waals surface area contributed by atoms with Crippen LogP contribution in [0.3, 0.4) is 0 Å². The number of carbonyl (C=O) groups is 2. The molecular formula is C16H14N2O4. The van der Waals surface area contributed by atoms with Gasteiger partial charge in [-0.3, -0.25) is 9.59 Å². The maximum atomic E-state index is 12.5. The minimum absolute atomic E-state index is 0.397. The van der Waals surface area contributed by atoms with Crippen LogP contribution >= 0.6 is 0 Å². The first-order chi connectivity index (χ1) is 10.4. The van der Waals surface area contributed by atoms with Gasteiger partial charge in [-0.1, -0.05) is 12.2 Å². The lowest BCUT2D eigenvalue weighted by Crippen LogP contribution is -2.44. The van der Waals surface area contributed by atoms with Crippen molar-refractivity contribution in [3.63, 3.8) is 0 Å². The summed E-state index contributed by atoms with van der Waals surface area (Å²) >= 11 is 0. The van der Waals surface area contributed by atoms with E-state index < -0.39 is 35.4 Å². The number of nitrogens with zero attached hydrogens (tertiary/aromatic N) is 1. The van der Waals surface area contributed by atoms with Crippen molar-refractivity contribution in [1.29, 1.82) is 5.26 Å². The summed E-state index contributed by atoms with van der Waals surface area (Å²) < 4.78 is 5.65. The molecule has 2 heterocycles. The van der Waals surface area contributed by atoms with Gasteiger partial charge < -0.3 is 15.2 Å². The summed E-state index contributed by atoms with van der Waals surface area (Å²) in [5, 5.41) is 20.8. The smallest absolute Gasteiger partial charge is 0.310 e. The van der Waals surface area contributed by atoms with E-state index in [0.29, 0.717) is 11.3 Å². The highest BCUT2D eigenvalue weighted by Gasteiger charge is 2.59. The monoisotopic (exact) mass is 298 g/mol. The first-order valence-corrected chi connectivity index (χ1v) is 6.85. The van der Waals surface area contributed by atoms with E-state index in [0.717, 1.165) is 0 Å². The van der Waals surface area contributed by atoms with Gasteiger partial charge in [-0.25, -0.2) is 0 Å². The number of benzene rings is 1. The molecule has 1 fully saturated rings. The molecule has 2 N–H and O–H groups in total. The predicted octanol–water partition coefficient (Wildman–Crippen LogP) is 1.54. The number of aliphatic carboxylic acids is 1. The molecule has 112 valence electrons. The molecule has 0 spiro atoms. The maximum Gasteiger partial charge on any atom is 0.310 e. The molecule has 4 atom stereocenters. The van der Waals surface area contributed by atoms with Crippen LogP contribution in [0.15, 0.2) is 36.4 Å². The summed E-state index contributed by atoms with van der Waals surface area (Å²) in [6.45, 7) is 1.72. The Bertz CT molecular complexity index is 704. The van der Waals surface area contributed by atoms with Crippen molar-refractivity contribution >= 4 is 17.6 Å². The highest BCUT2D eigenvalue weighted by Crippen LogP contribution is 2.47. The topological polar surface area (TPSA) is 99.4 Å². The predicted molar refractivity (Wildman–Crippen MR) is 76.8 cm³/mol. The molecule has 2 bridgehead atoms. The van der Waals surface area contributed by atoms with Gasteiger partial charge in [-0.05, 0) is 31.2 Å². The Hall–Kier alpha value is -2.65. The van der Waals surface area contributed by atoms with E-state index in [9.17, 15) is 14.7 Å². The molecule has 0 radical (unpaired) electrons. The number of carbonyl (C=O) groups excluding carboxylic acids is 1. The number of carboxylic acids is 1. The van der Waals surface area contributed by atoms with Crippen LogP contribution in [0.2, 0.25) is 0 Å². The minimum Gasteiger partial charge on any atom is -0.481 e. The average molecular weight is 298 g/mol. The van der Waals surface area contributed by atoms with Crippen molar-refractivity contribution in [3.05, 3.63) is 42.0 Å². The van der Waals surface area contributed by atoms with E-state index >= 15 is 0 Å². The molecule has 2 aliphatic rings. The molecule has 1 aromatic carbocycles. The summed E-state index contributed by atoms with van der Waals surface area (Å²) in [5.74, 6) is -3.13. The molecule has 0 unspecified atom stereocenters. The van der Waals surface area contributed by atoms with Crippen LogP contribution in [0.4, 0.5) is 5.69 Å². The van der Waals surface area contributed by atoms with Gasteiger partial charge in [-0.2, -0.15) is 5.26 Å². The molecule has 1 aromatic rings. The van der Waals surface area contributed by atoms with Gasteiger partial charge in [0.05, 0.1) is 29.3 Å². The largest absolute Gasteiger partial charge is 0.481 e. The van der Waals surface area contributed by atoms with Gasteiger partial charge in [0.2, 0.25) is 5.91 Å². The average Bonchev–Trinajstić information content (AvgIpc) is 3.01. The molecule has 3 rings (SSSR count). The Morgan fingerprint density at radius 3 is 2.64 bits per heavy atom. The zero-order valence-electron chi connectivity index (χ0n) is 11.8. The van der Waals surface area contributed by atoms with Crippen molar-refractivity contribution in [2.24, 2.45) is 11.8 Å². The standard InChI is InChI=1S/C16H14N2O4/c1-16-7-6-11(22-16)12(15(20)21)13(16)14(19)18-10-4-2-9(8-17)3-5-10/h2-7,11-13H,1H3,(H,18,19)(H,20,21)/t11-,12+,13+,16+/m1/s1. The number of hydrogen-bond donors (Lipinski definition) is 2. The first-order valence-electron chi connectivity index (χ1n) is 6.85. The Morgan fingerprint density at radius 2 is 2.05 bits per heavy atom. The molecule has 6 heteroatoms. The van der Waals surface area contributed by atoms with Crippen LogP contribution in [0.25, 0.3) is 0 Å². The van der Waals surface area contributed by atoms with E-state index in [2.05, 4.69) is 5.32 Å². The number of hydrogen-bond acceptors (Lipinski definition) is 4. The van der Waals surface area contributed by atoms with Crippen molar-refractivity contribution in [3.8, 4) is 6.07 Å². The van der Waals surface area contributed by atoms with Crippen LogP contribution in [0.5, 0.6) is 0 Å². The molecule has 22 heavy (non-hydrogen) atoms. The van der Waals surface area contributed by atoms with Crippen LogP contribution in [0, 0.1) is 23.2 Å². The lowest BCUT2D eigenvalue weighted by atomic mass is 9.75. The number of rotatable bonds is 3. The Labute approximate surface area is 127 Å². The molecule has 2 aliphatic heterocycles. The lowest BCUT2D eigenvalue weighted by Gasteiger charge is -2.27. The fourth-order valence-electron chi connectivity index (χ4n) is 3.13. The highest BCUT2D eigenvalue weighted by atomic mass is 16.5. The third kappa shape index (κ3) is 2.16. The summed E-state index contributed by atoms with van der Waals surface area (Å²) in [6, 6.07) is 8.39. The molecular weight excluding hydrogens is 284 g/mol. The third-order valence-corrected chi connectivity index (χ3v) is 4.19. The van der Waals surface area contributed by atoms with Gasteiger partial charge in [-0.15, -0.1) is 0 Å². The molecule has 0 aliphatic carbocycles. The van der Waals surface area contributed by atoms with E-state index in [1.807, 2.05) is 6.07 Å². The van der Waals surface area contributed by atoms with Crippen molar-refractivity contribution in [2.45, 2.75) is 18.6 Å². The second kappa shape index (κ2) is 4.97. The summed E-state index contributed by atoms with van der Waals surface area (Å²) in [4.78, 5) is 24.0. The van der Waals surface area contributed by atoms with Crippen LogP contribution < -0.4 is 5.32 Å². The van der Waals surface area contributed by atoms with E-state index in [-0.39, 0.29) is 0 Å². The second-order valence-corrected chi connectivity index (χ2v) is 5.65. The number of carboxylic acid groups (broad SMARTS) is 1. The summed E-state index contributed by atoms with van der Waals surface area (Å²) in [6.07, 6.45) is 2.88. The van der Waals surface area contributed by atoms with Gasteiger partial charge >= 0.3 is 5.97 Å². The zero-order valence-corrected chi connectivity index (χ0v) is 11.8. The fraction of sp³-hybridized carbons (Fsp3) is 0.312. The van der Waals surface area contributed by atoms with Gasteiger partial charge in [0.25, 0.3) is 0 Å². The number of anilines is 1. The van der Waals surface area contributed by atoms with Crippen LogP contribution in [0.1, 0.15) is 12.5 Å². The summed E-state index contributed by atoms with van der Waals surface area (Å²) in [7, 11) is 0. The van der Waals surface area contributed by atoms with E-state index in [1.165, 1.54) is 0 Å². The van der Waals surface area contributed by atoms with Crippen LogP contribution in [-0.2, 0) is 14.3 Å². The zero-order chi connectivity index (χ0) is 15.9.